The van der Waals surface area contributed by atoms with Gasteiger partial charge in [-0.15, -0.1) is 0 Å². The fourth-order valence-corrected chi connectivity index (χ4v) is 2.91. The molecule has 2 rings (SSSR count). The van der Waals surface area contributed by atoms with Crippen molar-refractivity contribution in [2.24, 2.45) is 0 Å². The minimum absolute atomic E-state index is 0.0878. The van der Waals surface area contributed by atoms with Crippen molar-refractivity contribution in [3.05, 3.63) is 30.3 Å². The Morgan fingerprint density at radius 2 is 2.07 bits per heavy atom. The Hall–Kier alpha value is -1.07. The first-order chi connectivity index (χ1) is 7.16. The van der Waals surface area contributed by atoms with E-state index in [2.05, 4.69) is 4.72 Å². The lowest BCUT2D eigenvalue weighted by Gasteiger charge is -2.10. The highest BCUT2D eigenvalue weighted by Crippen LogP contribution is 2.12. The fourth-order valence-electron chi connectivity index (χ4n) is 1.50. The molecule has 1 fully saturated rings. The van der Waals surface area contributed by atoms with E-state index in [0.717, 1.165) is 5.75 Å². The molecule has 1 atom stereocenters. The highest BCUT2D eigenvalue weighted by atomic mass is 32.2. The van der Waals surface area contributed by atoms with Crippen LogP contribution in [-0.4, -0.2) is 26.8 Å². The average molecular weight is 227 g/mol. The van der Waals surface area contributed by atoms with Crippen LogP contribution in [0.5, 0.6) is 5.75 Å². The summed E-state index contributed by atoms with van der Waals surface area (Å²) in [6.45, 7) is 0.392. The first kappa shape index (κ1) is 10.4. The maximum Gasteiger partial charge on any atom is 0.212 e. The third-order valence-electron chi connectivity index (χ3n) is 2.28. The molecule has 0 saturated carbocycles. The normalized spacial score (nSPS) is 23.9. The summed E-state index contributed by atoms with van der Waals surface area (Å²) in [5.74, 6) is 0.971. The first-order valence-corrected chi connectivity index (χ1v) is 6.49. The van der Waals surface area contributed by atoms with E-state index in [9.17, 15) is 8.42 Å². The van der Waals surface area contributed by atoms with Gasteiger partial charge in [0.2, 0.25) is 10.0 Å². The van der Waals surface area contributed by atoms with Crippen molar-refractivity contribution < 1.29 is 13.2 Å². The quantitative estimate of drug-likeness (QED) is 0.829. The van der Waals surface area contributed by atoms with Crippen LogP contribution in [0.1, 0.15) is 6.42 Å². The molecule has 0 bridgehead atoms. The van der Waals surface area contributed by atoms with Crippen molar-refractivity contribution >= 4 is 10.0 Å². The van der Waals surface area contributed by atoms with Gasteiger partial charge in [0.05, 0.1) is 11.8 Å². The van der Waals surface area contributed by atoms with E-state index in [-0.39, 0.29) is 11.8 Å². The molecule has 0 aliphatic carbocycles. The van der Waals surface area contributed by atoms with Gasteiger partial charge in [0, 0.05) is 0 Å². The van der Waals surface area contributed by atoms with Gasteiger partial charge in [-0.05, 0) is 18.6 Å². The van der Waals surface area contributed by atoms with Crippen LogP contribution in [0.2, 0.25) is 0 Å². The predicted octanol–water partition coefficient (Wildman–Crippen LogP) is 0.757. The minimum Gasteiger partial charge on any atom is -0.492 e. The topological polar surface area (TPSA) is 55.4 Å². The number of para-hydroxylation sites is 1. The van der Waals surface area contributed by atoms with Gasteiger partial charge in [0.15, 0.2) is 0 Å². The van der Waals surface area contributed by atoms with Gasteiger partial charge in [-0.1, -0.05) is 18.2 Å². The molecule has 1 unspecified atom stereocenters. The largest absolute Gasteiger partial charge is 0.492 e. The Morgan fingerprint density at radius 1 is 1.33 bits per heavy atom. The number of ether oxygens (including phenoxy) is 1. The summed E-state index contributed by atoms with van der Waals surface area (Å²) in [7, 11) is -3.03. The maximum atomic E-state index is 11.1. The molecule has 0 spiro atoms. The molecule has 0 aromatic heterocycles. The molecule has 1 aromatic carbocycles. The molecule has 1 saturated heterocycles. The average Bonchev–Trinajstić information content (AvgIpc) is 2.57. The molecule has 82 valence electrons. The summed E-state index contributed by atoms with van der Waals surface area (Å²) in [5.41, 5.74) is 0. The second-order valence-corrected chi connectivity index (χ2v) is 5.42. The van der Waals surface area contributed by atoms with Crippen molar-refractivity contribution in [1.82, 2.24) is 4.72 Å². The number of hydrogen-bond donors (Lipinski definition) is 1. The van der Waals surface area contributed by atoms with Gasteiger partial charge >= 0.3 is 0 Å². The monoisotopic (exact) mass is 227 g/mol. The van der Waals surface area contributed by atoms with Gasteiger partial charge in [-0.3, -0.25) is 0 Å². The van der Waals surface area contributed by atoms with Crippen molar-refractivity contribution in [2.75, 3.05) is 12.4 Å². The predicted molar refractivity (Wildman–Crippen MR) is 57.3 cm³/mol. The van der Waals surface area contributed by atoms with Crippen LogP contribution in [0, 0.1) is 0 Å². The molecule has 1 aliphatic rings. The summed E-state index contributed by atoms with van der Waals surface area (Å²) >= 11 is 0. The van der Waals surface area contributed by atoms with E-state index >= 15 is 0 Å². The Bertz CT molecular complexity index is 416. The molecule has 15 heavy (non-hydrogen) atoms. The molecule has 1 aliphatic heterocycles. The minimum atomic E-state index is -3.03. The zero-order chi connectivity index (χ0) is 10.7. The Morgan fingerprint density at radius 3 is 2.67 bits per heavy atom. The zero-order valence-electron chi connectivity index (χ0n) is 8.22. The van der Waals surface area contributed by atoms with Crippen molar-refractivity contribution in [3.63, 3.8) is 0 Å². The number of rotatable bonds is 3. The SMILES string of the molecule is O=S1(=O)CCC(COc2ccccc2)N1. The second-order valence-electron chi connectivity index (χ2n) is 3.55. The van der Waals surface area contributed by atoms with Crippen LogP contribution in [-0.2, 0) is 10.0 Å². The van der Waals surface area contributed by atoms with Crippen molar-refractivity contribution in [3.8, 4) is 5.75 Å². The zero-order valence-corrected chi connectivity index (χ0v) is 9.03. The number of benzene rings is 1. The summed E-state index contributed by atoms with van der Waals surface area (Å²) in [6.07, 6.45) is 0.620. The van der Waals surface area contributed by atoms with Gasteiger partial charge < -0.3 is 4.74 Å². The number of nitrogens with one attached hydrogen (secondary N) is 1. The fraction of sp³-hybridized carbons (Fsp3) is 0.400. The molecule has 1 aromatic rings. The van der Waals surface area contributed by atoms with Gasteiger partial charge in [0.1, 0.15) is 12.4 Å². The summed E-state index contributed by atoms with van der Waals surface area (Å²) in [5, 5.41) is 0. The highest BCUT2D eigenvalue weighted by molar-refractivity contribution is 7.89. The van der Waals surface area contributed by atoms with Crippen LogP contribution in [0.3, 0.4) is 0 Å². The van der Waals surface area contributed by atoms with Gasteiger partial charge in [-0.25, -0.2) is 13.1 Å². The Balaban J connectivity index is 1.85. The summed E-state index contributed by atoms with van der Waals surface area (Å²) in [4.78, 5) is 0. The Kier molecular flexibility index (Phi) is 2.93. The van der Waals surface area contributed by atoms with Gasteiger partial charge in [-0.2, -0.15) is 0 Å². The molecule has 5 heteroatoms. The molecular weight excluding hydrogens is 214 g/mol. The smallest absolute Gasteiger partial charge is 0.212 e. The van der Waals surface area contributed by atoms with Gasteiger partial charge in [0.25, 0.3) is 0 Å². The van der Waals surface area contributed by atoms with E-state index in [0.29, 0.717) is 13.0 Å². The lowest BCUT2D eigenvalue weighted by atomic mass is 10.2. The third-order valence-corrected chi connectivity index (χ3v) is 3.74. The highest BCUT2D eigenvalue weighted by Gasteiger charge is 2.26. The number of hydrogen-bond acceptors (Lipinski definition) is 3. The van der Waals surface area contributed by atoms with Crippen LogP contribution in [0.15, 0.2) is 30.3 Å². The summed E-state index contributed by atoms with van der Waals surface area (Å²) < 4.78 is 30.2. The maximum absolute atomic E-state index is 11.1. The Labute approximate surface area is 89.3 Å². The van der Waals surface area contributed by atoms with E-state index in [1.165, 1.54) is 0 Å². The molecule has 1 heterocycles. The van der Waals surface area contributed by atoms with E-state index in [1.54, 1.807) is 0 Å². The van der Waals surface area contributed by atoms with E-state index in [4.69, 9.17) is 4.74 Å². The first-order valence-electron chi connectivity index (χ1n) is 4.83. The molecule has 4 nitrogen and oxygen atoms in total. The molecule has 0 radical (unpaired) electrons. The van der Waals surface area contributed by atoms with Crippen molar-refractivity contribution in [1.29, 1.82) is 0 Å². The number of sulfonamides is 1. The van der Waals surface area contributed by atoms with Crippen LogP contribution in [0.4, 0.5) is 0 Å². The second kappa shape index (κ2) is 4.20. The lowest BCUT2D eigenvalue weighted by molar-refractivity contribution is 0.282. The molecular formula is C10H13NO3S. The summed E-state index contributed by atoms with van der Waals surface area (Å²) in [6, 6.07) is 9.29. The molecule has 0 amide bonds. The van der Waals surface area contributed by atoms with E-state index < -0.39 is 10.0 Å². The standard InChI is InChI=1S/C10H13NO3S/c12-15(13)7-6-9(11-15)8-14-10-4-2-1-3-5-10/h1-5,9,11H,6-8H2. The van der Waals surface area contributed by atoms with Crippen molar-refractivity contribution in [2.45, 2.75) is 12.5 Å². The van der Waals surface area contributed by atoms with E-state index in [1.807, 2.05) is 30.3 Å². The lowest BCUT2D eigenvalue weighted by Crippen LogP contribution is -2.30. The molecule has 1 N–H and O–H groups in total. The van der Waals surface area contributed by atoms with Crippen LogP contribution < -0.4 is 9.46 Å². The third kappa shape index (κ3) is 2.94. The van der Waals surface area contributed by atoms with Crippen LogP contribution in [0.25, 0.3) is 0 Å². The van der Waals surface area contributed by atoms with Crippen LogP contribution >= 0.6 is 0 Å².